The van der Waals surface area contributed by atoms with E-state index >= 15 is 0 Å². The number of hydrogen-bond donors (Lipinski definition) is 1. The molecule has 0 fully saturated rings. The number of thiophene rings is 1. The van der Waals surface area contributed by atoms with Crippen molar-refractivity contribution in [3.05, 3.63) is 45.4 Å². The maximum Gasteiger partial charge on any atom is 0.308 e. The van der Waals surface area contributed by atoms with Gasteiger partial charge in [-0.05, 0) is 37.8 Å². The quantitative estimate of drug-likeness (QED) is 0.343. The average molecular weight is 421 g/mol. The lowest BCUT2D eigenvalue weighted by Crippen LogP contribution is -2.28. The molecule has 0 bridgehead atoms. The van der Waals surface area contributed by atoms with Crippen LogP contribution in [0.1, 0.15) is 52.4 Å². The smallest absolute Gasteiger partial charge is 0.308 e. The van der Waals surface area contributed by atoms with E-state index in [9.17, 15) is 14.4 Å². The van der Waals surface area contributed by atoms with Crippen LogP contribution in [-0.4, -0.2) is 42.6 Å². The average Bonchev–Trinajstić information content (AvgIpc) is 3.29. The Morgan fingerprint density at radius 2 is 2.03 bits per heavy atom. The lowest BCUT2D eigenvalue weighted by atomic mass is 10.1. The lowest BCUT2D eigenvalue weighted by Gasteiger charge is -2.15. The van der Waals surface area contributed by atoms with E-state index < -0.39 is 12.0 Å². The fraction of sp³-hybridized carbons (Fsp3) is 0.476. The van der Waals surface area contributed by atoms with Gasteiger partial charge in [-0.1, -0.05) is 6.07 Å². The Morgan fingerprint density at radius 1 is 1.28 bits per heavy atom. The van der Waals surface area contributed by atoms with Crippen molar-refractivity contribution in [2.45, 2.75) is 46.2 Å². The molecule has 1 atom stereocenters. The van der Waals surface area contributed by atoms with Crippen molar-refractivity contribution in [2.24, 2.45) is 0 Å². The number of amides is 1. The highest BCUT2D eigenvalue weighted by molar-refractivity contribution is 7.10. The first-order chi connectivity index (χ1) is 13.8. The van der Waals surface area contributed by atoms with Crippen LogP contribution in [0, 0.1) is 13.8 Å². The van der Waals surface area contributed by atoms with Gasteiger partial charge in [0, 0.05) is 49.0 Å². The van der Waals surface area contributed by atoms with Crippen LogP contribution >= 0.6 is 11.3 Å². The molecular formula is C21H28N2O5S. The molecule has 0 saturated heterocycles. The largest absolute Gasteiger partial charge is 0.457 e. The Hall–Kier alpha value is -2.45. The van der Waals surface area contributed by atoms with Crippen molar-refractivity contribution in [1.82, 2.24) is 9.88 Å². The summed E-state index contributed by atoms with van der Waals surface area (Å²) in [4.78, 5) is 37.1. The van der Waals surface area contributed by atoms with Crippen LogP contribution in [0.2, 0.25) is 0 Å². The molecule has 158 valence electrons. The number of ketones is 1. The summed E-state index contributed by atoms with van der Waals surface area (Å²) in [5.74, 6) is -0.996. The zero-order valence-electron chi connectivity index (χ0n) is 17.3. The first-order valence-electron chi connectivity index (χ1n) is 9.48. The number of carbonyl (C=O) groups excluding carboxylic acids is 3. The molecule has 0 radical (unpaired) electrons. The fourth-order valence-corrected chi connectivity index (χ4v) is 3.98. The van der Waals surface area contributed by atoms with Gasteiger partial charge < -0.3 is 19.4 Å². The van der Waals surface area contributed by atoms with Gasteiger partial charge >= 0.3 is 5.97 Å². The monoisotopic (exact) mass is 420 g/mol. The van der Waals surface area contributed by atoms with Crippen LogP contribution in [0.15, 0.2) is 23.6 Å². The first-order valence-corrected chi connectivity index (χ1v) is 10.4. The molecular weight excluding hydrogens is 392 g/mol. The molecule has 7 nitrogen and oxygen atoms in total. The van der Waals surface area contributed by atoms with Crippen LogP contribution in [0.5, 0.6) is 0 Å². The SMILES string of the molecule is COCCCn1c(C)cc(C(=O)COC(=O)CC(NC(C)=O)c2cccs2)c1C. The standard InChI is InChI=1S/C21H28N2O5S/c1-14-11-17(15(2)23(14)8-6-9-27-4)19(25)13-28-21(26)12-18(22-16(3)24)20-7-5-10-29-20/h5,7,10-11,18H,6,8-9,12-13H2,1-4H3,(H,22,24). The summed E-state index contributed by atoms with van der Waals surface area (Å²) in [6, 6.07) is 5.07. The molecule has 0 spiro atoms. The van der Waals surface area contributed by atoms with E-state index in [0.29, 0.717) is 12.2 Å². The van der Waals surface area contributed by atoms with E-state index in [1.807, 2.05) is 37.4 Å². The molecule has 2 rings (SSSR count). The second-order valence-electron chi connectivity index (χ2n) is 6.84. The van der Waals surface area contributed by atoms with E-state index in [4.69, 9.17) is 9.47 Å². The van der Waals surface area contributed by atoms with Gasteiger partial charge in [-0.25, -0.2) is 0 Å². The number of hydrogen-bond acceptors (Lipinski definition) is 6. The highest BCUT2D eigenvalue weighted by atomic mass is 32.1. The van der Waals surface area contributed by atoms with Crippen LogP contribution in [0.3, 0.4) is 0 Å². The van der Waals surface area contributed by atoms with Gasteiger partial charge in [0.15, 0.2) is 6.61 Å². The van der Waals surface area contributed by atoms with Crippen molar-refractivity contribution in [3.63, 3.8) is 0 Å². The Morgan fingerprint density at radius 3 is 2.66 bits per heavy atom. The van der Waals surface area contributed by atoms with Gasteiger partial charge in [-0.15, -0.1) is 11.3 Å². The third-order valence-electron chi connectivity index (χ3n) is 4.60. The predicted molar refractivity (Wildman–Crippen MR) is 111 cm³/mol. The number of aryl methyl sites for hydroxylation is 1. The van der Waals surface area contributed by atoms with E-state index in [-0.39, 0.29) is 24.7 Å². The molecule has 0 aliphatic carbocycles. The maximum absolute atomic E-state index is 12.6. The van der Waals surface area contributed by atoms with Crippen molar-refractivity contribution in [1.29, 1.82) is 0 Å². The molecule has 2 aromatic heterocycles. The molecule has 2 aromatic rings. The van der Waals surface area contributed by atoms with Crippen LogP contribution < -0.4 is 5.32 Å². The van der Waals surface area contributed by atoms with Crippen molar-refractivity contribution in [3.8, 4) is 0 Å². The van der Waals surface area contributed by atoms with E-state index in [0.717, 1.165) is 29.2 Å². The maximum atomic E-state index is 12.6. The summed E-state index contributed by atoms with van der Waals surface area (Å²) in [6.45, 7) is 6.33. The third kappa shape index (κ3) is 6.54. The zero-order chi connectivity index (χ0) is 21.4. The van der Waals surface area contributed by atoms with Crippen LogP contribution in [0.25, 0.3) is 0 Å². The Balaban J connectivity index is 1.95. The number of methoxy groups -OCH3 is 1. The lowest BCUT2D eigenvalue weighted by molar-refractivity contribution is -0.143. The molecule has 2 heterocycles. The summed E-state index contributed by atoms with van der Waals surface area (Å²) >= 11 is 1.45. The summed E-state index contributed by atoms with van der Waals surface area (Å²) in [5, 5.41) is 4.63. The highest BCUT2D eigenvalue weighted by Crippen LogP contribution is 2.23. The number of rotatable bonds is 11. The number of Topliss-reactive ketones (excluding diaryl/α,β-unsaturated/α-hetero) is 1. The molecule has 1 amide bonds. The minimum atomic E-state index is -0.528. The number of nitrogens with zero attached hydrogens (tertiary/aromatic N) is 1. The number of ether oxygens (including phenoxy) is 2. The van der Waals surface area contributed by atoms with E-state index in [2.05, 4.69) is 9.88 Å². The Kier molecular flexibility index (Phi) is 8.60. The Labute approximate surface area is 175 Å². The molecule has 29 heavy (non-hydrogen) atoms. The topological polar surface area (TPSA) is 86.6 Å². The summed E-state index contributed by atoms with van der Waals surface area (Å²) in [6.07, 6.45) is 0.826. The molecule has 0 aliphatic heterocycles. The van der Waals surface area contributed by atoms with Gasteiger partial charge in [0.05, 0.1) is 12.5 Å². The molecule has 0 aliphatic rings. The second-order valence-corrected chi connectivity index (χ2v) is 7.82. The van der Waals surface area contributed by atoms with Crippen molar-refractivity contribution in [2.75, 3.05) is 20.3 Å². The van der Waals surface area contributed by atoms with Gasteiger partial charge in [0.1, 0.15) is 0 Å². The van der Waals surface area contributed by atoms with Gasteiger partial charge in [-0.2, -0.15) is 0 Å². The molecule has 0 saturated carbocycles. The molecule has 0 aromatic carbocycles. The molecule has 1 N–H and O–H groups in total. The van der Waals surface area contributed by atoms with E-state index in [1.165, 1.54) is 18.3 Å². The van der Waals surface area contributed by atoms with Crippen molar-refractivity contribution >= 4 is 29.0 Å². The second kappa shape index (κ2) is 10.9. The summed E-state index contributed by atoms with van der Waals surface area (Å²) in [5.41, 5.74) is 2.40. The number of aromatic nitrogens is 1. The predicted octanol–water partition coefficient (Wildman–Crippen LogP) is 3.20. The first kappa shape index (κ1) is 22.8. The minimum Gasteiger partial charge on any atom is -0.457 e. The molecule has 8 heteroatoms. The highest BCUT2D eigenvalue weighted by Gasteiger charge is 2.21. The van der Waals surface area contributed by atoms with Crippen LogP contribution in [-0.2, 0) is 25.6 Å². The van der Waals surface area contributed by atoms with Crippen molar-refractivity contribution < 1.29 is 23.9 Å². The van der Waals surface area contributed by atoms with Gasteiger partial charge in [-0.3, -0.25) is 14.4 Å². The zero-order valence-corrected chi connectivity index (χ0v) is 18.1. The number of esters is 1. The number of nitrogens with one attached hydrogen (secondary N) is 1. The normalized spacial score (nSPS) is 11.9. The summed E-state index contributed by atoms with van der Waals surface area (Å²) < 4.78 is 12.4. The summed E-state index contributed by atoms with van der Waals surface area (Å²) in [7, 11) is 1.66. The number of carbonyl (C=O) groups is 3. The molecule has 1 unspecified atom stereocenters. The fourth-order valence-electron chi connectivity index (χ4n) is 3.20. The van der Waals surface area contributed by atoms with Crippen LogP contribution in [0.4, 0.5) is 0 Å². The van der Waals surface area contributed by atoms with Gasteiger partial charge in [0.2, 0.25) is 11.7 Å². The Bertz CT molecular complexity index is 842. The van der Waals surface area contributed by atoms with E-state index in [1.54, 1.807) is 7.11 Å². The van der Waals surface area contributed by atoms with Gasteiger partial charge in [0.25, 0.3) is 0 Å². The third-order valence-corrected chi connectivity index (χ3v) is 5.59. The minimum absolute atomic E-state index is 0.0244.